The quantitative estimate of drug-likeness (QED) is 0.763. The summed E-state index contributed by atoms with van der Waals surface area (Å²) in [5, 5.41) is 9.17. The van der Waals surface area contributed by atoms with Gasteiger partial charge in [0.05, 0.1) is 11.5 Å². The maximum absolute atomic E-state index is 14.9. The number of hydrogen-bond acceptors (Lipinski definition) is 6. The molecule has 0 saturated carbocycles. The molecule has 1 atom stereocenters. The average molecular weight is 446 g/mol. The molecule has 2 aromatic carbocycles. The number of benzene rings is 2. The zero-order valence-corrected chi connectivity index (χ0v) is 16.8. The predicted octanol–water partition coefficient (Wildman–Crippen LogP) is 4.21. The van der Waals surface area contributed by atoms with Crippen LogP contribution in [-0.2, 0) is 10.3 Å². The Morgan fingerprint density at radius 2 is 2.14 bits per heavy atom. The maximum atomic E-state index is 14.9. The lowest BCUT2D eigenvalue weighted by Crippen LogP contribution is -2.31. The monoisotopic (exact) mass is 445 g/mol. The van der Waals surface area contributed by atoms with E-state index in [0.29, 0.717) is 16.9 Å². The smallest absolute Gasteiger partial charge is 0.283 e. The van der Waals surface area contributed by atoms with Crippen molar-refractivity contribution in [3.05, 3.63) is 51.7 Å². The summed E-state index contributed by atoms with van der Waals surface area (Å²) in [6.07, 6.45) is 0. The molecule has 0 bridgehead atoms. The number of halogens is 2. The summed E-state index contributed by atoms with van der Waals surface area (Å²) in [6.45, 7) is 3.72. The van der Waals surface area contributed by atoms with Crippen LogP contribution in [0, 0.1) is 22.6 Å². The topological polar surface area (TPSA) is 89.9 Å². The van der Waals surface area contributed by atoms with Gasteiger partial charge in [0, 0.05) is 21.7 Å². The molecule has 0 saturated heterocycles. The van der Waals surface area contributed by atoms with Crippen molar-refractivity contribution in [3.63, 3.8) is 0 Å². The van der Waals surface area contributed by atoms with E-state index in [4.69, 9.17) is 19.9 Å². The van der Waals surface area contributed by atoms with Gasteiger partial charge in [-0.3, -0.25) is 0 Å². The van der Waals surface area contributed by atoms with Crippen LogP contribution in [0.4, 0.5) is 4.39 Å². The Labute approximate surface area is 169 Å². The highest BCUT2D eigenvalue weighted by molar-refractivity contribution is 9.10. The van der Waals surface area contributed by atoms with Crippen LogP contribution < -0.4 is 15.2 Å². The summed E-state index contributed by atoms with van der Waals surface area (Å²) in [5.74, 6) is 0.234. The van der Waals surface area contributed by atoms with Gasteiger partial charge in [0.25, 0.3) is 6.02 Å². The van der Waals surface area contributed by atoms with Crippen molar-refractivity contribution in [2.75, 3.05) is 13.2 Å². The molecule has 1 unspecified atom stereocenters. The highest BCUT2D eigenvalue weighted by Gasteiger charge is 2.48. The summed E-state index contributed by atoms with van der Waals surface area (Å²) in [7, 11) is 0. The normalized spacial score (nSPS) is 19.8. The maximum Gasteiger partial charge on any atom is 0.283 e. The van der Waals surface area contributed by atoms with Gasteiger partial charge in [0.1, 0.15) is 24.7 Å². The molecular formula is C20H17BrFN3O3. The lowest BCUT2D eigenvalue weighted by atomic mass is 9.81. The summed E-state index contributed by atoms with van der Waals surface area (Å²) in [4.78, 5) is 4.51. The van der Waals surface area contributed by atoms with E-state index >= 15 is 0 Å². The minimum Gasteiger partial charge on any atom is -0.492 e. The summed E-state index contributed by atoms with van der Waals surface area (Å²) < 4.78 is 32.8. The zero-order valence-electron chi connectivity index (χ0n) is 15.3. The summed E-state index contributed by atoms with van der Waals surface area (Å²) in [6, 6.07) is 10.5. The van der Waals surface area contributed by atoms with Gasteiger partial charge in [-0.05, 0) is 38.1 Å². The van der Waals surface area contributed by atoms with E-state index < -0.39 is 16.8 Å². The molecule has 0 aliphatic carbocycles. The molecule has 2 N–H and O–H groups in total. The van der Waals surface area contributed by atoms with Crippen LogP contribution in [0.5, 0.6) is 17.2 Å². The number of rotatable bonds is 3. The third-order valence-electron chi connectivity index (χ3n) is 4.69. The van der Waals surface area contributed by atoms with Crippen LogP contribution in [-0.4, -0.2) is 19.2 Å². The van der Waals surface area contributed by atoms with Crippen molar-refractivity contribution >= 4 is 22.0 Å². The fourth-order valence-corrected chi connectivity index (χ4v) is 3.60. The van der Waals surface area contributed by atoms with Crippen LogP contribution in [0.3, 0.4) is 0 Å². The van der Waals surface area contributed by atoms with Crippen molar-refractivity contribution in [1.29, 1.82) is 5.26 Å². The van der Waals surface area contributed by atoms with Crippen molar-refractivity contribution in [1.82, 2.24) is 0 Å². The molecular weight excluding hydrogens is 429 g/mol. The van der Waals surface area contributed by atoms with Crippen molar-refractivity contribution in [3.8, 4) is 23.3 Å². The molecule has 0 radical (unpaired) electrons. The molecule has 4 rings (SSSR count). The van der Waals surface area contributed by atoms with Crippen LogP contribution in [0.1, 0.15) is 25.0 Å². The Morgan fingerprint density at radius 3 is 2.82 bits per heavy atom. The number of fused-ring (bicyclic) bond motifs is 4. The van der Waals surface area contributed by atoms with Crippen LogP contribution in [0.25, 0.3) is 0 Å². The Balaban J connectivity index is 1.85. The lowest BCUT2D eigenvalue weighted by molar-refractivity contribution is 0.223. The molecule has 144 valence electrons. The van der Waals surface area contributed by atoms with E-state index in [1.54, 1.807) is 32.0 Å². The lowest BCUT2D eigenvalue weighted by Gasteiger charge is -2.34. The Bertz CT molecular complexity index is 1050. The van der Waals surface area contributed by atoms with E-state index in [2.05, 4.69) is 27.0 Å². The number of nitrogens with two attached hydrogens (primary N) is 1. The first-order chi connectivity index (χ1) is 13.2. The largest absolute Gasteiger partial charge is 0.492 e. The minimum atomic E-state index is -1.04. The fraction of sp³-hybridized carbons (Fsp3) is 0.300. The van der Waals surface area contributed by atoms with Gasteiger partial charge in [0.2, 0.25) is 0 Å². The van der Waals surface area contributed by atoms with E-state index in [1.807, 2.05) is 6.07 Å². The third kappa shape index (κ3) is 2.96. The molecule has 28 heavy (non-hydrogen) atoms. The first-order valence-corrected chi connectivity index (χ1v) is 9.37. The molecule has 2 heterocycles. The molecule has 6 nitrogen and oxygen atoms in total. The minimum absolute atomic E-state index is 0.0242. The highest BCUT2D eigenvalue weighted by atomic mass is 79.9. The van der Waals surface area contributed by atoms with Gasteiger partial charge in [0.15, 0.2) is 17.1 Å². The van der Waals surface area contributed by atoms with Gasteiger partial charge in [-0.15, -0.1) is 0 Å². The van der Waals surface area contributed by atoms with E-state index in [1.165, 1.54) is 6.07 Å². The number of ether oxygens (including phenoxy) is 3. The average Bonchev–Trinajstić information content (AvgIpc) is 3.04. The molecule has 2 aliphatic rings. The summed E-state index contributed by atoms with van der Waals surface area (Å²) >= 11 is 3.45. The predicted molar refractivity (Wildman–Crippen MR) is 104 cm³/mol. The first-order valence-electron chi connectivity index (χ1n) is 8.58. The number of nitrogens with zero attached hydrogens (tertiary/aromatic N) is 2. The Hall–Kier alpha value is -2.79. The van der Waals surface area contributed by atoms with Gasteiger partial charge in [-0.2, -0.15) is 5.26 Å². The molecule has 1 spiro atoms. The van der Waals surface area contributed by atoms with Gasteiger partial charge in [-0.25, -0.2) is 9.38 Å². The van der Waals surface area contributed by atoms with Crippen molar-refractivity contribution < 1.29 is 18.6 Å². The molecule has 0 aromatic heterocycles. The van der Waals surface area contributed by atoms with Crippen LogP contribution in [0.15, 0.2) is 39.8 Å². The molecule has 2 aliphatic heterocycles. The second-order valence-corrected chi connectivity index (χ2v) is 8.32. The SMILES string of the molecule is CC(C)(C#N)COc1cc(F)c2c(c1)C1(COC(N)=N1)c1cc(Br)ccc1O2. The zero-order chi connectivity index (χ0) is 20.1. The Kier molecular flexibility index (Phi) is 4.23. The number of hydrogen-bond donors (Lipinski definition) is 1. The first kappa shape index (κ1) is 18.6. The second-order valence-electron chi connectivity index (χ2n) is 7.41. The van der Waals surface area contributed by atoms with Crippen molar-refractivity contribution in [2.24, 2.45) is 16.1 Å². The number of amidine groups is 1. The van der Waals surface area contributed by atoms with Gasteiger partial charge < -0.3 is 19.9 Å². The van der Waals surface area contributed by atoms with Crippen LogP contribution in [0.2, 0.25) is 0 Å². The van der Waals surface area contributed by atoms with E-state index in [0.717, 1.165) is 4.47 Å². The fourth-order valence-electron chi connectivity index (χ4n) is 3.24. The number of aliphatic imine (C=N–C) groups is 1. The second kappa shape index (κ2) is 6.38. The summed E-state index contributed by atoms with van der Waals surface area (Å²) in [5.41, 5.74) is 5.24. The van der Waals surface area contributed by atoms with Gasteiger partial charge >= 0.3 is 0 Å². The molecule has 0 amide bonds. The third-order valence-corrected chi connectivity index (χ3v) is 5.19. The van der Waals surface area contributed by atoms with Crippen molar-refractivity contribution in [2.45, 2.75) is 19.4 Å². The molecule has 2 aromatic rings. The molecule has 0 fully saturated rings. The standard InChI is InChI=1S/C20H17BrFN3O3/c1-19(2,8-23)9-26-12-6-14-17(15(22)7-12)28-16-4-3-11(21)5-13(16)20(14)10-27-18(24)25-20/h3-7H,9-10H2,1-2H3,(H2,24,25). The van der Waals surface area contributed by atoms with Gasteiger partial charge in [-0.1, -0.05) is 15.9 Å². The van der Waals surface area contributed by atoms with Crippen LogP contribution >= 0.6 is 15.9 Å². The Morgan fingerprint density at radius 1 is 1.36 bits per heavy atom. The van der Waals surface area contributed by atoms with E-state index in [9.17, 15) is 9.65 Å². The highest BCUT2D eigenvalue weighted by Crippen LogP contribution is 2.53. The van der Waals surface area contributed by atoms with E-state index in [-0.39, 0.29) is 30.7 Å². The molecule has 8 heteroatoms. The number of nitriles is 1.